The fourth-order valence-electron chi connectivity index (χ4n) is 3.38. The molecule has 0 aliphatic heterocycles. The van der Waals surface area contributed by atoms with Crippen molar-refractivity contribution in [2.45, 2.75) is 19.9 Å². The van der Waals surface area contributed by atoms with Gasteiger partial charge in [-0.15, -0.1) is 0 Å². The number of benzene rings is 3. The molecule has 7 heteroatoms. The minimum absolute atomic E-state index is 0.0180. The predicted octanol–water partition coefficient (Wildman–Crippen LogP) is 4.74. The van der Waals surface area contributed by atoms with Gasteiger partial charge in [0.1, 0.15) is 6.54 Å². The average Bonchev–Trinajstić information content (AvgIpc) is 3.04. The maximum absolute atomic E-state index is 12.8. The standard InChI is InChI=1S/C23H19ClN2O3S/c1-2-29-22(28)14-26-19-11-10-17(24)13-20(19)30-23(26)25-21(27)12-16-8-5-7-15-6-3-4-9-18(15)16/h3-11,13H,2,12,14H2,1H3. The molecule has 1 aromatic heterocycles. The Hall–Kier alpha value is -2.96. The SMILES string of the molecule is CCOC(=O)Cn1c(=NC(=O)Cc2cccc3ccccc23)sc2cc(Cl)ccc21. The lowest BCUT2D eigenvalue weighted by Crippen LogP contribution is -2.23. The highest BCUT2D eigenvalue weighted by molar-refractivity contribution is 7.16. The van der Waals surface area contributed by atoms with Gasteiger partial charge in [0.15, 0.2) is 4.80 Å². The third-order valence-electron chi connectivity index (χ3n) is 4.68. The van der Waals surface area contributed by atoms with Gasteiger partial charge in [0.2, 0.25) is 0 Å². The molecule has 0 aliphatic rings. The number of fused-ring (bicyclic) bond motifs is 2. The zero-order chi connectivity index (χ0) is 21.1. The van der Waals surface area contributed by atoms with Crippen LogP contribution in [-0.2, 0) is 27.3 Å². The van der Waals surface area contributed by atoms with Crippen LogP contribution in [0.1, 0.15) is 12.5 Å². The van der Waals surface area contributed by atoms with Gasteiger partial charge in [-0.05, 0) is 41.5 Å². The molecule has 0 fully saturated rings. The highest BCUT2D eigenvalue weighted by Gasteiger charge is 2.13. The number of esters is 1. The molecule has 5 nitrogen and oxygen atoms in total. The summed E-state index contributed by atoms with van der Waals surface area (Å²) in [4.78, 5) is 29.7. The third-order valence-corrected chi connectivity index (χ3v) is 5.96. The van der Waals surface area contributed by atoms with Crippen LogP contribution in [0.4, 0.5) is 0 Å². The van der Waals surface area contributed by atoms with E-state index in [1.54, 1.807) is 23.6 Å². The Labute approximate surface area is 182 Å². The van der Waals surface area contributed by atoms with Gasteiger partial charge in [-0.2, -0.15) is 4.99 Å². The summed E-state index contributed by atoms with van der Waals surface area (Å²) in [6, 6.07) is 19.2. The van der Waals surface area contributed by atoms with E-state index < -0.39 is 0 Å². The van der Waals surface area contributed by atoms with Crippen molar-refractivity contribution in [1.82, 2.24) is 4.57 Å². The van der Waals surface area contributed by atoms with Crippen molar-refractivity contribution in [2.75, 3.05) is 6.61 Å². The molecule has 0 unspecified atom stereocenters. The van der Waals surface area contributed by atoms with Gasteiger partial charge >= 0.3 is 5.97 Å². The lowest BCUT2D eigenvalue weighted by Gasteiger charge is -2.06. The topological polar surface area (TPSA) is 60.7 Å². The van der Waals surface area contributed by atoms with Gasteiger partial charge < -0.3 is 9.30 Å². The molecule has 0 bridgehead atoms. The van der Waals surface area contributed by atoms with Crippen LogP contribution < -0.4 is 4.80 Å². The number of amides is 1. The number of carbonyl (C=O) groups is 2. The first-order valence-electron chi connectivity index (χ1n) is 9.54. The first kappa shape index (κ1) is 20.3. The van der Waals surface area contributed by atoms with Crippen molar-refractivity contribution in [2.24, 2.45) is 4.99 Å². The van der Waals surface area contributed by atoms with Crippen molar-refractivity contribution in [3.8, 4) is 0 Å². The van der Waals surface area contributed by atoms with Crippen LogP contribution in [0, 0.1) is 0 Å². The van der Waals surface area contributed by atoms with Crippen LogP contribution in [0.2, 0.25) is 5.02 Å². The van der Waals surface area contributed by atoms with E-state index >= 15 is 0 Å². The van der Waals surface area contributed by atoms with E-state index in [4.69, 9.17) is 16.3 Å². The smallest absolute Gasteiger partial charge is 0.326 e. The van der Waals surface area contributed by atoms with Crippen LogP contribution in [0.5, 0.6) is 0 Å². The average molecular weight is 439 g/mol. The van der Waals surface area contributed by atoms with E-state index in [0.29, 0.717) is 16.4 Å². The summed E-state index contributed by atoms with van der Waals surface area (Å²) >= 11 is 7.44. The highest BCUT2D eigenvalue weighted by atomic mass is 35.5. The summed E-state index contributed by atoms with van der Waals surface area (Å²) in [7, 11) is 0. The van der Waals surface area contributed by atoms with Gasteiger partial charge in [-0.3, -0.25) is 9.59 Å². The first-order chi connectivity index (χ1) is 14.5. The number of aromatic nitrogens is 1. The van der Waals surface area contributed by atoms with E-state index in [0.717, 1.165) is 26.6 Å². The van der Waals surface area contributed by atoms with E-state index in [2.05, 4.69) is 4.99 Å². The fourth-order valence-corrected chi connectivity index (χ4v) is 4.70. The molecule has 4 rings (SSSR count). The third kappa shape index (κ3) is 4.30. The van der Waals surface area contributed by atoms with Crippen LogP contribution in [0.25, 0.3) is 21.0 Å². The second kappa shape index (κ2) is 8.81. The molecule has 0 saturated carbocycles. The molecular formula is C23H19ClN2O3S. The van der Waals surface area contributed by atoms with Gasteiger partial charge in [-0.25, -0.2) is 0 Å². The molecule has 0 atom stereocenters. The zero-order valence-corrected chi connectivity index (χ0v) is 17.9. The Morgan fingerprint density at radius 2 is 1.90 bits per heavy atom. The maximum Gasteiger partial charge on any atom is 0.326 e. The quantitative estimate of drug-likeness (QED) is 0.423. The molecule has 1 amide bonds. The number of hydrogen-bond acceptors (Lipinski definition) is 4. The van der Waals surface area contributed by atoms with E-state index in [9.17, 15) is 9.59 Å². The van der Waals surface area contributed by atoms with E-state index in [1.165, 1.54) is 11.3 Å². The summed E-state index contributed by atoms with van der Waals surface area (Å²) in [6.45, 7) is 2.03. The van der Waals surface area contributed by atoms with Crippen molar-refractivity contribution in [1.29, 1.82) is 0 Å². The summed E-state index contributed by atoms with van der Waals surface area (Å²) in [6.07, 6.45) is 0.176. The molecule has 30 heavy (non-hydrogen) atoms. The number of rotatable bonds is 5. The monoisotopic (exact) mass is 438 g/mol. The second-order valence-corrected chi connectivity index (χ2v) is 8.15. The zero-order valence-electron chi connectivity index (χ0n) is 16.3. The summed E-state index contributed by atoms with van der Waals surface area (Å²) in [5.41, 5.74) is 1.71. The Morgan fingerprint density at radius 1 is 1.10 bits per heavy atom. The Bertz CT molecular complexity index is 1320. The first-order valence-corrected chi connectivity index (χ1v) is 10.7. The Balaban J connectivity index is 1.73. The minimum atomic E-state index is -0.380. The fraction of sp³-hybridized carbons (Fsp3) is 0.174. The number of carbonyl (C=O) groups excluding carboxylic acids is 2. The largest absolute Gasteiger partial charge is 0.465 e. The molecule has 4 aromatic rings. The number of halogens is 1. The van der Waals surface area contributed by atoms with Crippen LogP contribution >= 0.6 is 22.9 Å². The van der Waals surface area contributed by atoms with E-state index in [1.807, 2.05) is 48.5 Å². The summed E-state index contributed by atoms with van der Waals surface area (Å²) < 4.78 is 7.64. The normalized spacial score (nSPS) is 11.9. The number of thiazole rings is 1. The molecule has 0 N–H and O–H groups in total. The van der Waals surface area contributed by atoms with Crippen molar-refractivity contribution >= 4 is 55.8 Å². The van der Waals surface area contributed by atoms with Gasteiger partial charge in [-0.1, -0.05) is 65.4 Å². The summed E-state index contributed by atoms with van der Waals surface area (Å²) in [5, 5.41) is 2.70. The maximum atomic E-state index is 12.8. The Morgan fingerprint density at radius 3 is 2.73 bits per heavy atom. The number of nitrogens with zero attached hydrogens (tertiary/aromatic N) is 2. The second-order valence-electron chi connectivity index (χ2n) is 6.71. The van der Waals surface area contributed by atoms with Crippen LogP contribution in [0.15, 0.2) is 65.7 Å². The lowest BCUT2D eigenvalue weighted by atomic mass is 10.0. The minimum Gasteiger partial charge on any atom is -0.465 e. The summed E-state index contributed by atoms with van der Waals surface area (Å²) in [5.74, 6) is -0.656. The lowest BCUT2D eigenvalue weighted by molar-refractivity contribution is -0.143. The molecular weight excluding hydrogens is 420 g/mol. The van der Waals surface area contributed by atoms with Crippen molar-refractivity contribution in [3.05, 3.63) is 76.1 Å². The van der Waals surface area contributed by atoms with Gasteiger partial charge in [0, 0.05) is 5.02 Å². The molecule has 1 heterocycles. The van der Waals surface area contributed by atoms with Crippen LogP contribution in [-0.4, -0.2) is 23.1 Å². The molecule has 0 saturated heterocycles. The number of ether oxygens (including phenoxy) is 1. The Kier molecular flexibility index (Phi) is 5.97. The number of hydrogen-bond donors (Lipinski definition) is 0. The van der Waals surface area contributed by atoms with Crippen molar-refractivity contribution in [3.63, 3.8) is 0 Å². The molecule has 3 aromatic carbocycles. The van der Waals surface area contributed by atoms with Crippen molar-refractivity contribution < 1.29 is 14.3 Å². The van der Waals surface area contributed by atoms with Gasteiger partial charge in [0.05, 0.1) is 23.2 Å². The molecule has 0 aliphatic carbocycles. The molecule has 0 radical (unpaired) electrons. The highest BCUT2D eigenvalue weighted by Crippen LogP contribution is 2.22. The van der Waals surface area contributed by atoms with Crippen LogP contribution in [0.3, 0.4) is 0 Å². The molecule has 152 valence electrons. The van der Waals surface area contributed by atoms with Gasteiger partial charge in [0.25, 0.3) is 5.91 Å². The predicted molar refractivity (Wildman–Crippen MR) is 120 cm³/mol. The molecule has 0 spiro atoms. The van der Waals surface area contributed by atoms with E-state index in [-0.39, 0.29) is 24.8 Å².